The molecule has 4 rings (SSSR count). The zero-order valence-corrected chi connectivity index (χ0v) is 16.9. The molecule has 1 amide bonds. The van der Waals surface area contributed by atoms with Crippen LogP contribution in [0, 0.1) is 11.3 Å². The van der Waals surface area contributed by atoms with Gasteiger partial charge in [-0.1, -0.05) is 18.2 Å². The van der Waals surface area contributed by atoms with Crippen LogP contribution in [0.4, 0.5) is 5.69 Å². The summed E-state index contributed by atoms with van der Waals surface area (Å²) in [6, 6.07) is 9.72. The van der Waals surface area contributed by atoms with E-state index in [0.29, 0.717) is 5.69 Å². The minimum absolute atomic E-state index is 0.0212. The standard InChI is InChI=1S/C20H20N4O5S/c21-10-14-11-22(15-6-7-15)20(27)23(19(14)26)12-18(25)24(16-4-2-1-3-5-16)17-8-9-30(28,29)13-17/h1-5,11,15,17H,6-9,12-13H2/t17-/m1/s1. The molecule has 2 heterocycles. The number of para-hydroxylation sites is 1. The molecule has 2 aliphatic rings. The fourth-order valence-corrected chi connectivity index (χ4v) is 5.49. The van der Waals surface area contributed by atoms with Crippen LogP contribution >= 0.6 is 0 Å². The van der Waals surface area contributed by atoms with Crippen molar-refractivity contribution >= 4 is 21.4 Å². The quantitative estimate of drug-likeness (QED) is 0.681. The molecular weight excluding hydrogens is 408 g/mol. The minimum Gasteiger partial charge on any atom is -0.307 e. The number of benzene rings is 1. The molecule has 2 aromatic rings. The van der Waals surface area contributed by atoms with Crippen molar-refractivity contribution in [2.75, 3.05) is 16.4 Å². The van der Waals surface area contributed by atoms with Gasteiger partial charge in [-0.25, -0.2) is 17.8 Å². The van der Waals surface area contributed by atoms with Crippen molar-refractivity contribution in [3.05, 3.63) is 62.9 Å². The second-order valence-corrected chi connectivity index (χ2v) is 9.85. The Bertz CT molecular complexity index is 1250. The summed E-state index contributed by atoms with van der Waals surface area (Å²) in [7, 11) is -3.26. The molecule has 1 saturated heterocycles. The van der Waals surface area contributed by atoms with E-state index in [1.165, 1.54) is 15.7 Å². The van der Waals surface area contributed by atoms with Crippen LogP contribution in [-0.2, 0) is 21.2 Å². The number of nitriles is 1. The average molecular weight is 428 g/mol. The number of aromatic nitrogens is 2. The van der Waals surface area contributed by atoms with Gasteiger partial charge in [0.15, 0.2) is 9.84 Å². The topological polar surface area (TPSA) is 122 Å². The number of carbonyl (C=O) groups is 1. The van der Waals surface area contributed by atoms with Crippen LogP contribution in [0.2, 0.25) is 0 Å². The summed E-state index contributed by atoms with van der Waals surface area (Å²) >= 11 is 0. The molecular formula is C20H20N4O5S. The van der Waals surface area contributed by atoms with Gasteiger partial charge in [0.2, 0.25) is 5.91 Å². The third kappa shape index (κ3) is 3.80. The lowest BCUT2D eigenvalue weighted by Gasteiger charge is -2.28. The van der Waals surface area contributed by atoms with Crippen LogP contribution in [0.3, 0.4) is 0 Å². The van der Waals surface area contributed by atoms with Crippen LogP contribution in [0.1, 0.15) is 30.9 Å². The highest BCUT2D eigenvalue weighted by atomic mass is 32.2. The average Bonchev–Trinajstić information content (AvgIpc) is 3.49. The lowest BCUT2D eigenvalue weighted by molar-refractivity contribution is -0.119. The third-order valence-corrected chi connectivity index (χ3v) is 7.18. The van der Waals surface area contributed by atoms with Crippen LogP contribution in [0.25, 0.3) is 0 Å². The highest BCUT2D eigenvalue weighted by Crippen LogP contribution is 2.33. The summed E-state index contributed by atoms with van der Waals surface area (Å²) in [6.07, 6.45) is 3.07. The lowest BCUT2D eigenvalue weighted by atomic mass is 10.1. The molecule has 0 radical (unpaired) electrons. The summed E-state index contributed by atoms with van der Waals surface area (Å²) in [6.45, 7) is -0.564. The molecule has 0 unspecified atom stereocenters. The van der Waals surface area contributed by atoms with E-state index in [0.717, 1.165) is 17.4 Å². The van der Waals surface area contributed by atoms with E-state index >= 15 is 0 Å². The minimum atomic E-state index is -3.26. The van der Waals surface area contributed by atoms with E-state index in [9.17, 15) is 28.1 Å². The Labute approximate surface area is 172 Å². The number of hydrogen-bond donors (Lipinski definition) is 0. The second-order valence-electron chi connectivity index (χ2n) is 7.62. The SMILES string of the molecule is N#Cc1cn(C2CC2)c(=O)n(CC(=O)N(c2ccccc2)[C@@H]2CCS(=O)(=O)C2)c1=O. The van der Waals surface area contributed by atoms with Crippen molar-refractivity contribution in [1.82, 2.24) is 9.13 Å². The van der Waals surface area contributed by atoms with Crippen molar-refractivity contribution in [3.8, 4) is 6.07 Å². The van der Waals surface area contributed by atoms with Gasteiger partial charge in [0.05, 0.1) is 17.5 Å². The molecule has 0 N–H and O–H groups in total. The maximum absolute atomic E-state index is 13.3. The Hall–Kier alpha value is -3.19. The molecule has 2 fully saturated rings. The Morgan fingerprint density at radius 1 is 1.17 bits per heavy atom. The van der Waals surface area contributed by atoms with Crippen molar-refractivity contribution in [3.63, 3.8) is 0 Å². The van der Waals surface area contributed by atoms with E-state index in [1.54, 1.807) is 36.4 Å². The number of nitrogens with zero attached hydrogens (tertiary/aromatic N) is 4. The molecule has 0 spiro atoms. The van der Waals surface area contributed by atoms with Gasteiger partial charge in [0.1, 0.15) is 18.2 Å². The van der Waals surface area contributed by atoms with Crippen molar-refractivity contribution in [2.45, 2.75) is 37.9 Å². The van der Waals surface area contributed by atoms with E-state index in [-0.39, 0.29) is 29.5 Å². The predicted octanol–water partition coefficient (Wildman–Crippen LogP) is 0.437. The number of sulfone groups is 1. The van der Waals surface area contributed by atoms with E-state index < -0.39 is 39.6 Å². The number of hydrogen-bond acceptors (Lipinski definition) is 6. The van der Waals surface area contributed by atoms with Gasteiger partial charge in [-0.15, -0.1) is 0 Å². The fraction of sp³-hybridized carbons (Fsp3) is 0.400. The Morgan fingerprint density at radius 2 is 1.87 bits per heavy atom. The fourth-order valence-electron chi connectivity index (χ4n) is 3.79. The maximum Gasteiger partial charge on any atom is 0.331 e. The molecule has 1 aliphatic carbocycles. The number of amides is 1. The molecule has 1 saturated carbocycles. The first-order valence-corrected chi connectivity index (χ1v) is 11.5. The van der Waals surface area contributed by atoms with E-state index in [1.807, 2.05) is 0 Å². The van der Waals surface area contributed by atoms with Crippen molar-refractivity contribution in [2.24, 2.45) is 0 Å². The normalized spacial score (nSPS) is 19.9. The Balaban J connectivity index is 1.74. The van der Waals surface area contributed by atoms with E-state index in [4.69, 9.17) is 0 Å². The van der Waals surface area contributed by atoms with Gasteiger partial charge in [0.25, 0.3) is 5.56 Å². The monoisotopic (exact) mass is 428 g/mol. The first-order chi connectivity index (χ1) is 14.3. The molecule has 1 aromatic heterocycles. The Morgan fingerprint density at radius 3 is 2.43 bits per heavy atom. The summed E-state index contributed by atoms with van der Waals surface area (Å²) in [5.74, 6) is -0.764. The van der Waals surface area contributed by atoms with Crippen LogP contribution in [0.15, 0.2) is 46.1 Å². The summed E-state index contributed by atoms with van der Waals surface area (Å²) in [5, 5.41) is 9.27. The van der Waals surface area contributed by atoms with Gasteiger partial charge in [-0.2, -0.15) is 5.26 Å². The van der Waals surface area contributed by atoms with Crippen molar-refractivity contribution < 1.29 is 13.2 Å². The van der Waals surface area contributed by atoms with Gasteiger partial charge in [-0.3, -0.25) is 14.2 Å². The van der Waals surface area contributed by atoms with E-state index in [2.05, 4.69) is 0 Å². The first-order valence-electron chi connectivity index (χ1n) is 9.64. The van der Waals surface area contributed by atoms with Gasteiger partial charge in [0, 0.05) is 17.9 Å². The highest BCUT2D eigenvalue weighted by Gasteiger charge is 2.36. The van der Waals surface area contributed by atoms with Crippen LogP contribution in [-0.4, -0.2) is 41.0 Å². The molecule has 0 bridgehead atoms. The second kappa shape index (κ2) is 7.57. The largest absolute Gasteiger partial charge is 0.331 e. The van der Waals surface area contributed by atoms with Crippen molar-refractivity contribution in [1.29, 1.82) is 5.26 Å². The zero-order valence-electron chi connectivity index (χ0n) is 16.1. The molecule has 156 valence electrons. The molecule has 1 aliphatic heterocycles. The molecule has 1 aromatic carbocycles. The summed E-state index contributed by atoms with van der Waals surface area (Å²) in [5.41, 5.74) is -1.16. The van der Waals surface area contributed by atoms with Crippen LogP contribution < -0.4 is 16.1 Å². The predicted molar refractivity (Wildman–Crippen MR) is 109 cm³/mol. The van der Waals surface area contributed by atoms with Gasteiger partial charge < -0.3 is 4.90 Å². The maximum atomic E-state index is 13.3. The van der Waals surface area contributed by atoms with Gasteiger partial charge >= 0.3 is 5.69 Å². The number of carbonyl (C=O) groups excluding carboxylic acids is 1. The molecule has 30 heavy (non-hydrogen) atoms. The lowest BCUT2D eigenvalue weighted by Crippen LogP contribution is -2.48. The van der Waals surface area contributed by atoms with Crippen LogP contribution in [0.5, 0.6) is 0 Å². The smallest absolute Gasteiger partial charge is 0.307 e. The molecule has 10 heteroatoms. The molecule has 1 atom stereocenters. The summed E-state index contributed by atoms with van der Waals surface area (Å²) in [4.78, 5) is 40.0. The number of rotatable bonds is 5. The number of anilines is 1. The Kier molecular flexibility index (Phi) is 5.07. The molecule has 9 nitrogen and oxygen atoms in total. The third-order valence-electron chi connectivity index (χ3n) is 5.43. The first kappa shape index (κ1) is 20.1. The summed E-state index contributed by atoms with van der Waals surface area (Å²) < 4.78 is 26.1. The van der Waals surface area contributed by atoms with Gasteiger partial charge in [-0.05, 0) is 31.4 Å². The highest BCUT2D eigenvalue weighted by molar-refractivity contribution is 7.91. The zero-order chi connectivity index (χ0) is 21.5.